The van der Waals surface area contributed by atoms with Crippen molar-refractivity contribution in [2.75, 3.05) is 27.9 Å². The lowest BCUT2D eigenvalue weighted by Gasteiger charge is -2.24. The monoisotopic (exact) mass is 582 g/mol. The third-order valence-corrected chi connectivity index (χ3v) is 7.74. The molecule has 0 saturated heterocycles. The number of hydrogen-bond donors (Lipinski definition) is 1. The van der Waals surface area contributed by atoms with E-state index in [4.69, 9.17) is 14.2 Å². The molecule has 1 amide bonds. The number of carbonyl (C=O) groups excluding carboxylic acids is 2. The van der Waals surface area contributed by atoms with Crippen molar-refractivity contribution >= 4 is 34.3 Å². The number of carbonyl (C=O) groups is 3. The molecule has 0 bridgehead atoms. The first kappa shape index (κ1) is 29.4. The van der Waals surface area contributed by atoms with Crippen LogP contribution in [-0.2, 0) is 29.0 Å². The standard InChI is InChI=1S/C34H34N2O7/c1-5-43-31(37)20-36-28-18-22(34(39)40)14-17-27(28)32(26-10-6-9-25-24(26)8-7-11-30(25)42-4)29(36)19-35(2)33(38)21-12-15-23(41-3)16-13-21/h7-8,10-18H,5-6,9,19-20H2,1-4H3,(H,39,40). The molecule has 0 spiro atoms. The predicted octanol–water partition coefficient (Wildman–Crippen LogP) is 5.57. The molecule has 9 nitrogen and oxygen atoms in total. The molecule has 0 atom stereocenters. The normalized spacial score (nSPS) is 12.3. The van der Waals surface area contributed by atoms with Gasteiger partial charge in [0.2, 0.25) is 0 Å². The quantitative estimate of drug-likeness (QED) is 0.244. The molecule has 5 rings (SSSR count). The Kier molecular flexibility index (Phi) is 8.52. The zero-order valence-electron chi connectivity index (χ0n) is 24.7. The summed E-state index contributed by atoms with van der Waals surface area (Å²) < 4.78 is 18.0. The minimum absolute atomic E-state index is 0.0931. The van der Waals surface area contributed by atoms with Gasteiger partial charge in [-0.15, -0.1) is 0 Å². The Bertz CT molecular complexity index is 1730. The number of amides is 1. The van der Waals surface area contributed by atoms with E-state index in [-0.39, 0.29) is 31.2 Å². The van der Waals surface area contributed by atoms with E-state index in [0.717, 1.165) is 46.2 Å². The number of aromatic carboxylic acids is 1. The van der Waals surface area contributed by atoms with Crippen molar-refractivity contribution in [1.82, 2.24) is 9.47 Å². The van der Waals surface area contributed by atoms with E-state index >= 15 is 0 Å². The molecule has 1 N–H and O–H groups in total. The Morgan fingerprint density at radius 3 is 2.40 bits per heavy atom. The highest BCUT2D eigenvalue weighted by molar-refractivity contribution is 6.03. The van der Waals surface area contributed by atoms with Gasteiger partial charge in [-0.1, -0.05) is 24.3 Å². The van der Waals surface area contributed by atoms with Crippen molar-refractivity contribution in [3.63, 3.8) is 0 Å². The topological polar surface area (TPSA) is 107 Å². The first-order valence-corrected chi connectivity index (χ1v) is 14.1. The molecular weight excluding hydrogens is 548 g/mol. The van der Waals surface area contributed by atoms with Gasteiger partial charge in [0, 0.05) is 34.8 Å². The van der Waals surface area contributed by atoms with Gasteiger partial charge in [-0.25, -0.2) is 4.79 Å². The second-order valence-corrected chi connectivity index (χ2v) is 10.3. The number of allylic oxidation sites excluding steroid dienone is 1. The number of benzene rings is 3. The van der Waals surface area contributed by atoms with Gasteiger partial charge in [0.1, 0.15) is 18.0 Å². The second kappa shape index (κ2) is 12.4. The largest absolute Gasteiger partial charge is 0.497 e. The van der Waals surface area contributed by atoms with Crippen molar-refractivity contribution in [3.8, 4) is 11.5 Å². The second-order valence-electron chi connectivity index (χ2n) is 10.3. The van der Waals surface area contributed by atoms with E-state index in [1.807, 2.05) is 18.2 Å². The van der Waals surface area contributed by atoms with Crippen LogP contribution in [0, 0.1) is 0 Å². The average molecular weight is 583 g/mol. The molecule has 1 aliphatic rings. The Labute approximate surface area is 249 Å². The van der Waals surface area contributed by atoms with Gasteiger partial charge in [0.05, 0.1) is 38.5 Å². The summed E-state index contributed by atoms with van der Waals surface area (Å²) in [6.45, 7) is 1.94. The number of carboxylic acid groups (broad SMARTS) is 1. The molecular formula is C34H34N2O7. The molecule has 4 aromatic rings. The highest BCUT2D eigenvalue weighted by atomic mass is 16.5. The van der Waals surface area contributed by atoms with Crippen LogP contribution in [0.1, 0.15) is 56.4 Å². The summed E-state index contributed by atoms with van der Waals surface area (Å²) in [4.78, 5) is 40.1. The summed E-state index contributed by atoms with van der Waals surface area (Å²) in [5, 5.41) is 10.6. The summed E-state index contributed by atoms with van der Waals surface area (Å²) in [6, 6.07) is 17.7. The SMILES string of the molecule is CCOC(=O)Cn1c(CN(C)C(=O)c2ccc(OC)cc2)c(C2=CCCc3c(OC)cccc32)c2ccc(C(=O)O)cc21. The summed E-state index contributed by atoms with van der Waals surface area (Å²) in [6.07, 6.45) is 3.73. The fourth-order valence-electron chi connectivity index (χ4n) is 5.74. The van der Waals surface area contributed by atoms with Gasteiger partial charge in [0.25, 0.3) is 5.91 Å². The van der Waals surface area contributed by atoms with Crippen LogP contribution in [0.15, 0.2) is 66.7 Å². The molecule has 0 aliphatic heterocycles. The predicted molar refractivity (Wildman–Crippen MR) is 163 cm³/mol. The van der Waals surface area contributed by atoms with Gasteiger partial charge in [0.15, 0.2) is 0 Å². The van der Waals surface area contributed by atoms with Crippen molar-refractivity contribution in [2.45, 2.75) is 32.9 Å². The van der Waals surface area contributed by atoms with Crippen LogP contribution in [0.3, 0.4) is 0 Å². The van der Waals surface area contributed by atoms with Crippen molar-refractivity contribution in [3.05, 3.63) is 100 Å². The molecule has 0 radical (unpaired) electrons. The van der Waals surface area contributed by atoms with E-state index in [9.17, 15) is 19.5 Å². The Hall–Kier alpha value is -5.05. The van der Waals surface area contributed by atoms with Gasteiger partial charge in [-0.3, -0.25) is 9.59 Å². The van der Waals surface area contributed by atoms with Crippen LogP contribution in [0.2, 0.25) is 0 Å². The number of methoxy groups -OCH3 is 2. The fourth-order valence-corrected chi connectivity index (χ4v) is 5.74. The molecule has 0 unspecified atom stereocenters. The Balaban J connectivity index is 1.72. The number of rotatable bonds is 10. The molecule has 1 aromatic heterocycles. The van der Waals surface area contributed by atoms with Crippen LogP contribution in [0.4, 0.5) is 0 Å². The van der Waals surface area contributed by atoms with E-state index in [2.05, 4.69) is 6.08 Å². The summed E-state index contributed by atoms with van der Waals surface area (Å²) >= 11 is 0. The first-order valence-electron chi connectivity index (χ1n) is 14.1. The van der Waals surface area contributed by atoms with Crippen LogP contribution in [0.25, 0.3) is 16.5 Å². The highest BCUT2D eigenvalue weighted by Crippen LogP contribution is 2.42. The summed E-state index contributed by atoms with van der Waals surface area (Å²) in [5.41, 5.74) is 5.68. The maximum atomic E-state index is 13.6. The van der Waals surface area contributed by atoms with E-state index in [1.165, 1.54) is 0 Å². The molecule has 9 heteroatoms. The third kappa shape index (κ3) is 5.70. The number of ether oxygens (including phenoxy) is 3. The van der Waals surface area contributed by atoms with Crippen molar-refractivity contribution < 1.29 is 33.7 Å². The number of carboxylic acids is 1. The van der Waals surface area contributed by atoms with Gasteiger partial charge in [-0.05, 0) is 73.4 Å². The first-order chi connectivity index (χ1) is 20.8. The Morgan fingerprint density at radius 1 is 0.977 bits per heavy atom. The van der Waals surface area contributed by atoms with Crippen molar-refractivity contribution in [1.29, 1.82) is 0 Å². The minimum atomic E-state index is -1.08. The number of aromatic nitrogens is 1. The van der Waals surface area contributed by atoms with Crippen LogP contribution >= 0.6 is 0 Å². The van der Waals surface area contributed by atoms with Crippen LogP contribution in [-0.4, -0.2) is 60.3 Å². The Morgan fingerprint density at radius 2 is 1.72 bits per heavy atom. The molecule has 3 aromatic carbocycles. The van der Waals surface area contributed by atoms with Crippen LogP contribution in [0.5, 0.6) is 11.5 Å². The van der Waals surface area contributed by atoms with E-state index < -0.39 is 11.9 Å². The minimum Gasteiger partial charge on any atom is -0.497 e. The molecule has 43 heavy (non-hydrogen) atoms. The lowest BCUT2D eigenvalue weighted by atomic mass is 9.85. The smallest absolute Gasteiger partial charge is 0.335 e. The molecule has 0 fully saturated rings. The van der Waals surface area contributed by atoms with E-state index in [1.54, 1.807) is 80.1 Å². The molecule has 222 valence electrons. The van der Waals surface area contributed by atoms with Gasteiger partial charge < -0.3 is 28.8 Å². The number of fused-ring (bicyclic) bond motifs is 2. The summed E-state index contributed by atoms with van der Waals surface area (Å²) in [5.74, 6) is -0.319. The molecule has 1 aliphatic carbocycles. The van der Waals surface area contributed by atoms with Gasteiger partial charge in [-0.2, -0.15) is 0 Å². The lowest BCUT2D eigenvalue weighted by molar-refractivity contribution is -0.143. The van der Waals surface area contributed by atoms with Crippen molar-refractivity contribution in [2.24, 2.45) is 0 Å². The average Bonchev–Trinajstić information content (AvgIpc) is 3.31. The maximum absolute atomic E-state index is 13.6. The summed E-state index contributed by atoms with van der Waals surface area (Å²) in [7, 11) is 4.92. The maximum Gasteiger partial charge on any atom is 0.335 e. The zero-order valence-corrected chi connectivity index (χ0v) is 24.7. The lowest BCUT2D eigenvalue weighted by Crippen LogP contribution is -2.28. The number of esters is 1. The molecule has 0 saturated carbocycles. The van der Waals surface area contributed by atoms with E-state index in [0.29, 0.717) is 22.5 Å². The van der Waals surface area contributed by atoms with Gasteiger partial charge >= 0.3 is 11.9 Å². The zero-order chi connectivity index (χ0) is 30.7. The number of hydrogen-bond acceptors (Lipinski definition) is 6. The third-order valence-electron chi connectivity index (χ3n) is 7.74. The molecule has 1 heterocycles. The van der Waals surface area contributed by atoms with Crippen LogP contribution < -0.4 is 9.47 Å². The highest BCUT2D eigenvalue weighted by Gasteiger charge is 2.28. The number of nitrogens with zero attached hydrogens (tertiary/aromatic N) is 2. The fraction of sp³-hybridized carbons (Fsp3) is 0.265.